The zero-order chi connectivity index (χ0) is 12.1. The van der Waals surface area contributed by atoms with E-state index in [9.17, 15) is 5.11 Å². The molecule has 3 atom stereocenters. The Morgan fingerprint density at radius 1 is 1.22 bits per heavy atom. The van der Waals surface area contributed by atoms with Gasteiger partial charge in [-0.3, -0.25) is 0 Å². The van der Waals surface area contributed by atoms with Crippen molar-refractivity contribution in [1.29, 1.82) is 0 Å². The van der Waals surface area contributed by atoms with Gasteiger partial charge in [-0.05, 0) is 49.1 Å². The zero-order valence-electron chi connectivity index (χ0n) is 10.5. The summed E-state index contributed by atoms with van der Waals surface area (Å²) in [6.07, 6.45) is 8.58. The number of allylic oxidation sites excluding steroid dienone is 2. The number of fused-ring (bicyclic) bond motifs is 3. The standard InChI is InChI=1S/C16H19NO/c18-16-3-1-2-15-14(16)6-7-17(15)10-13-9-11-4-5-12(13)8-11/h1-5,11-13,18H,6-10H2/t11-,12-,13+/m0/s1. The van der Waals surface area contributed by atoms with E-state index in [1.807, 2.05) is 12.1 Å². The fourth-order valence-corrected chi connectivity index (χ4v) is 4.06. The maximum atomic E-state index is 9.88. The van der Waals surface area contributed by atoms with Crippen LogP contribution in [0.2, 0.25) is 0 Å². The third-order valence-electron chi connectivity index (χ3n) is 4.97. The van der Waals surface area contributed by atoms with Crippen molar-refractivity contribution < 1.29 is 5.11 Å². The first-order valence-corrected chi connectivity index (χ1v) is 7.05. The Morgan fingerprint density at radius 2 is 2.17 bits per heavy atom. The first-order valence-electron chi connectivity index (χ1n) is 7.05. The van der Waals surface area contributed by atoms with Crippen LogP contribution in [0.5, 0.6) is 5.75 Å². The first-order chi connectivity index (χ1) is 8.81. The van der Waals surface area contributed by atoms with Crippen molar-refractivity contribution in [2.75, 3.05) is 18.0 Å². The minimum Gasteiger partial charge on any atom is -0.508 e. The lowest BCUT2D eigenvalue weighted by atomic mass is 9.93. The predicted octanol–water partition coefficient (Wildman–Crippen LogP) is 2.97. The summed E-state index contributed by atoms with van der Waals surface area (Å²) in [7, 11) is 0. The normalized spacial score (nSPS) is 32.2. The smallest absolute Gasteiger partial charge is 0.120 e. The molecule has 0 unspecified atom stereocenters. The summed E-state index contributed by atoms with van der Waals surface area (Å²) < 4.78 is 0. The number of benzene rings is 1. The topological polar surface area (TPSA) is 23.5 Å². The van der Waals surface area contributed by atoms with Crippen LogP contribution in [0.1, 0.15) is 18.4 Å². The molecule has 3 aliphatic rings. The highest BCUT2D eigenvalue weighted by Crippen LogP contribution is 2.45. The lowest BCUT2D eigenvalue weighted by molar-refractivity contribution is 0.446. The van der Waals surface area contributed by atoms with Crippen molar-refractivity contribution in [2.24, 2.45) is 17.8 Å². The van der Waals surface area contributed by atoms with Gasteiger partial charge in [0.1, 0.15) is 5.75 Å². The first kappa shape index (κ1) is 10.5. The van der Waals surface area contributed by atoms with Gasteiger partial charge in [0, 0.05) is 24.3 Å². The highest BCUT2D eigenvalue weighted by Gasteiger charge is 2.37. The second-order valence-electron chi connectivity index (χ2n) is 6.01. The summed E-state index contributed by atoms with van der Waals surface area (Å²) in [5, 5.41) is 9.88. The molecule has 0 spiro atoms. The second kappa shape index (κ2) is 3.78. The summed E-state index contributed by atoms with van der Waals surface area (Å²) in [4.78, 5) is 2.48. The van der Waals surface area contributed by atoms with E-state index in [-0.39, 0.29) is 0 Å². The van der Waals surface area contributed by atoms with E-state index >= 15 is 0 Å². The number of aromatic hydroxyl groups is 1. The average molecular weight is 241 g/mol. The summed E-state index contributed by atoms with van der Waals surface area (Å²) >= 11 is 0. The molecule has 0 saturated heterocycles. The molecule has 0 radical (unpaired) electrons. The molecule has 1 saturated carbocycles. The summed E-state index contributed by atoms with van der Waals surface area (Å²) in [6, 6.07) is 5.93. The van der Waals surface area contributed by atoms with Crippen LogP contribution in [-0.4, -0.2) is 18.2 Å². The number of rotatable bonds is 2. The Hall–Kier alpha value is -1.44. The van der Waals surface area contributed by atoms with Gasteiger partial charge in [0.15, 0.2) is 0 Å². The highest BCUT2D eigenvalue weighted by molar-refractivity contribution is 5.62. The third-order valence-corrected chi connectivity index (χ3v) is 4.97. The third kappa shape index (κ3) is 1.48. The van der Waals surface area contributed by atoms with E-state index in [1.54, 1.807) is 0 Å². The SMILES string of the molecule is Oc1cccc2c1CCN2C[C@H]1C[C@H]2C=C[C@H]1C2. The Kier molecular flexibility index (Phi) is 2.20. The number of nitrogens with zero attached hydrogens (tertiary/aromatic N) is 1. The molecule has 1 aromatic rings. The van der Waals surface area contributed by atoms with Gasteiger partial charge in [-0.2, -0.15) is 0 Å². The predicted molar refractivity (Wildman–Crippen MR) is 72.9 cm³/mol. The Bertz CT molecular complexity index is 508. The molecule has 1 N–H and O–H groups in total. The van der Waals surface area contributed by atoms with Crippen LogP contribution in [0, 0.1) is 17.8 Å². The van der Waals surface area contributed by atoms with Gasteiger partial charge in [0.25, 0.3) is 0 Å². The highest BCUT2D eigenvalue weighted by atomic mass is 16.3. The molecule has 2 heteroatoms. The molecule has 94 valence electrons. The Balaban J connectivity index is 1.55. The van der Waals surface area contributed by atoms with Crippen molar-refractivity contribution in [3.63, 3.8) is 0 Å². The number of anilines is 1. The molecule has 4 rings (SSSR count). The molecular formula is C16H19NO. The van der Waals surface area contributed by atoms with E-state index < -0.39 is 0 Å². The fourth-order valence-electron chi connectivity index (χ4n) is 4.06. The van der Waals surface area contributed by atoms with Gasteiger partial charge in [-0.15, -0.1) is 0 Å². The van der Waals surface area contributed by atoms with Crippen LogP contribution in [0.4, 0.5) is 5.69 Å². The average Bonchev–Trinajstić information content (AvgIpc) is 3.05. The van der Waals surface area contributed by atoms with Crippen LogP contribution in [0.25, 0.3) is 0 Å². The summed E-state index contributed by atoms with van der Waals surface area (Å²) in [6.45, 7) is 2.24. The van der Waals surface area contributed by atoms with Gasteiger partial charge < -0.3 is 10.0 Å². The van der Waals surface area contributed by atoms with Crippen LogP contribution >= 0.6 is 0 Å². The fraction of sp³-hybridized carbons (Fsp3) is 0.500. The van der Waals surface area contributed by atoms with Crippen molar-refractivity contribution in [1.82, 2.24) is 0 Å². The molecule has 0 amide bonds. The van der Waals surface area contributed by atoms with E-state index in [0.717, 1.165) is 36.3 Å². The van der Waals surface area contributed by atoms with E-state index in [1.165, 1.54) is 25.1 Å². The molecule has 2 nitrogen and oxygen atoms in total. The molecule has 2 aliphatic carbocycles. The zero-order valence-corrected chi connectivity index (χ0v) is 10.5. The van der Waals surface area contributed by atoms with E-state index in [4.69, 9.17) is 0 Å². The van der Waals surface area contributed by atoms with E-state index in [2.05, 4.69) is 23.1 Å². The maximum Gasteiger partial charge on any atom is 0.120 e. The Labute approximate surface area is 108 Å². The van der Waals surface area contributed by atoms with Crippen LogP contribution in [0.3, 0.4) is 0 Å². The molecule has 18 heavy (non-hydrogen) atoms. The number of phenolic OH excluding ortho intramolecular Hbond substituents is 1. The van der Waals surface area contributed by atoms with Gasteiger partial charge in [-0.25, -0.2) is 0 Å². The number of hydrogen-bond donors (Lipinski definition) is 1. The molecule has 1 aliphatic heterocycles. The van der Waals surface area contributed by atoms with Crippen molar-refractivity contribution in [3.05, 3.63) is 35.9 Å². The molecular weight excluding hydrogens is 222 g/mol. The van der Waals surface area contributed by atoms with Gasteiger partial charge >= 0.3 is 0 Å². The van der Waals surface area contributed by atoms with Crippen molar-refractivity contribution in [3.8, 4) is 5.75 Å². The minimum absolute atomic E-state index is 0.475. The van der Waals surface area contributed by atoms with Crippen molar-refractivity contribution in [2.45, 2.75) is 19.3 Å². The number of hydrogen-bond acceptors (Lipinski definition) is 2. The van der Waals surface area contributed by atoms with Gasteiger partial charge in [0.05, 0.1) is 0 Å². The number of phenols is 1. The Morgan fingerprint density at radius 3 is 2.94 bits per heavy atom. The van der Waals surface area contributed by atoms with Crippen LogP contribution in [0.15, 0.2) is 30.4 Å². The lowest BCUT2D eigenvalue weighted by Gasteiger charge is -2.27. The summed E-state index contributed by atoms with van der Waals surface area (Å²) in [5.74, 6) is 2.97. The largest absolute Gasteiger partial charge is 0.508 e. The van der Waals surface area contributed by atoms with Crippen LogP contribution < -0.4 is 4.90 Å². The van der Waals surface area contributed by atoms with Gasteiger partial charge in [0.2, 0.25) is 0 Å². The maximum absolute atomic E-state index is 9.88. The second-order valence-corrected chi connectivity index (χ2v) is 6.01. The molecule has 1 aromatic carbocycles. The van der Waals surface area contributed by atoms with E-state index in [0.29, 0.717) is 5.75 Å². The van der Waals surface area contributed by atoms with Crippen LogP contribution in [-0.2, 0) is 6.42 Å². The molecule has 1 fully saturated rings. The summed E-state index contributed by atoms with van der Waals surface area (Å²) in [5.41, 5.74) is 2.41. The minimum atomic E-state index is 0.475. The van der Waals surface area contributed by atoms with Gasteiger partial charge in [-0.1, -0.05) is 18.2 Å². The molecule has 2 bridgehead atoms. The molecule has 0 aromatic heterocycles. The monoisotopic (exact) mass is 241 g/mol. The molecule has 1 heterocycles. The lowest BCUT2D eigenvalue weighted by Crippen LogP contribution is -2.29. The quantitative estimate of drug-likeness (QED) is 0.805. The van der Waals surface area contributed by atoms with Crippen molar-refractivity contribution >= 4 is 5.69 Å².